The Kier molecular flexibility index (Phi) is 7.04. The van der Waals surface area contributed by atoms with E-state index in [2.05, 4.69) is 15.9 Å². The van der Waals surface area contributed by atoms with Crippen molar-refractivity contribution >= 4 is 40.2 Å². The van der Waals surface area contributed by atoms with E-state index in [0.717, 1.165) is 16.5 Å². The number of hydrogen-bond donors (Lipinski definition) is 1. The van der Waals surface area contributed by atoms with E-state index in [9.17, 15) is 9.59 Å². The fourth-order valence-electron chi connectivity index (χ4n) is 2.68. The SMILES string of the molecule is CC(=O)N1CCCN(C(=O)C(C)(N)c2ccc(Br)cc2)CC1.Cl. The van der Waals surface area contributed by atoms with Crippen molar-refractivity contribution < 1.29 is 9.59 Å². The monoisotopic (exact) mass is 403 g/mol. The van der Waals surface area contributed by atoms with Gasteiger partial charge in [0.15, 0.2) is 0 Å². The van der Waals surface area contributed by atoms with E-state index in [-0.39, 0.29) is 24.2 Å². The highest BCUT2D eigenvalue weighted by atomic mass is 79.9. The van der Waals surface area contributed by atoms with Crippen molar-refractivity contribution in [3.05, 3.63) is 34.3 Å². The summed E-state index contributed by atoms with van der Waals surface area (Å²) in [5.41, 5.74) is 6.04. The molecule has 0 radical (unpaired) electrons. The van der Waals surface area contributed by atoms with Crippen LogP contribution in [0, 0.1) is 0 Å². The van der Waals surface area contributed by atoms with E-state index in [1.807, 2.05) is 24.3 Å². The van der Waals surface area contributed by atoms with Crippen LogP contribution in [0.25, 0.3) is 0 Å². The number of benzene rings is 1. The van der Waals surface area contributed by atoms with Crippen molar-refractivity contribution in [1.82, 2.24) is 9.80 Å². The molecule has 1 saturated heterocycles. The Morgan fingerprint density at radius 3 is 2.17 bits per heavy atom. The molecule has 1 aliphatic heterocycles. The van der Waals surface area contributed by atoms with Gasteiger partial charge in [-0.3, -0.25) is 9.59 Å². The van der Waals surface area contributed by atoms with Gasteiger partial charge >= 0.3 is 0 Å². The summed E-state index contributed by atoms with van der Waals surface area (Å²) < 4.78 is 0.950. The molecule has 1 heterocycles. The summed E-state index contributed by atoms with van der Waals surface area (Å²) in [7, 11) is 0. The van der Waals surface area contributed by atoms with Crippen molar-refractivity contribution in [2.45, 2.75) is 25.8 Å². The number of carbonyl (C=O) groups is 2. The predicted octanol–water partition coefficient (Wildman–Crippen LogP) is 2.13. The molecule has 1 fully saturated rings. The van der Waals surface area contributed by atoms with Gasteiger partial charge in [-0.25, -0.2) is 0 Å². The van der Waals surface area contributed by atoms with Gasteiger partial charge in [-0.1, -0.05) is 28.1 Å². The first-order valence-electron chi connectivity index (χ1n) is 7.42. The Morgan fingerprint density at radius 2 is 1.61 bits per heavy atom. The second-order valence-corrected chi connectivity index (χ2v) is 6.78. The molecule has 7 heteroatoms. The van der Waals surface area contributed by atoms with Crippen molar-refractivity contribution in [3.8, 4) is 0 Å². The van der Waals surface area contributed by atoms with E-state index in [4.69, 9.17) is 5.73 Å². The average Bonchev–Trinajstić information content (AvgIpc) is 2.72. The number of nitrogens with two attached hydrogens (primary N) is 1. The molecule has 1 aromatic carbocycles. The minimum Gasteiger partial charge on any atom is -0.341 e. The van der Waals surface area contributed by atoms with Crippen LogP contribution in [0.5, 0.6) is 0 Å². The molecule has 0 spiro atoms. The zero-order valence-electron chi connectivity index (χ0n) is 13.4. The summed E-state index contributed by atoms with van der Waals surface area (Å²) in [6.07, 6.45) is 0.780. The third-order valence-corrected chi connectivity index (χ3v) is 4.65. The van der Waals surface area contributed by atoms with Crippen LogP contribution in [-0.4, -0.2) is 47.8 Å². The summed E-state index contributed by atoms with van der Waals surface area (Å²) in [6.45, 7) is 5.72. The van der Waals surface area contributed by atoms with Crippen LogP contribution in [-0.2, 0) is 15.1 Å². The number of carbonyl (C=O) groups excluding carboxylic acids is 2. The molecule has 2 N–H and O–H groups in total. The lowest BCUT2D eigenvalue weighted by atomic mass is 9.91. The molecule has 5 nitrogen and oxygen atoms in total. The molecule has 0 bridgehead atoms. The number of nitrogens with zero attached hydrogens (tertiary/aromatic N) is 2. The van der Waals surface area contributed by atoms with Crippen molar-refractivity contribution in [2.75, 3.05) is 26.2 Å². The predicted molar refractivity (Wildman–Crippen MR) is 96.4 cm³/mol. The van der Waals surface area contributed by atoms with Crippen molar-refractivity contribution in [2.24, 2.45) is 5.73 Å². The minimum absolute atomic E-state index is 0. The summed E-state index contributed by atoms with van der Waals surface area (Å²) >= 11 is 3.38. The molecular weight excluding hydrogens is 382 g/mol. The lowest BCUT2D eigenvalue weighted by molar-refractivity contribution is -0.137. The van der Waals surface area contributed by atoms with Gasteiger partial charge < -0.3 is 15.5 Å². The molecular formula is C16H23BrClN3O2. The second kappa shape index (κ2) is 8.13. The Balaban J connectivity index is 0.00000264. The largest absolute Gasteiger partial charge is 0.341 e. The lowest BCUT2D eigenvalue weighted by Gasteiger charge is -2.31. The number of amides is 2. The first-order valence-corrected chi connectivity index (χ1v) is 8.21. The van der Waals surface area contributed by atoms with Gasteiger partial charge in [-0.2, -0.15) is 0 Å². The van der Waals surface area contributed by atoms with Crippen molar-refractivity contribution in [3.63, 3.8) is 0 Å². The fraction of sp³-hybridized carbons (Fsp3) is 0.500. The summed E-state index contributed by atoms with van der Waals surface area (Å²) in [5, 5.41) is 0. The second-order valence-electron chi connectivity index (χ2n) is 5.86. The maximum absolute atomic E-state index is 12.8. The molecule has 1 unspecified atom stereocenters. The molecule has 1 aromatic rings. The van der Waals surface area contributed by atoms with E-state index in [1.54, 1.807) is 23.6 Å². The molecule has 0 aliphatic carbocycles. The summed E-state index contributed by atoms with van der Waals surface area (Å²) in [5.74, 6) is -0.0436. The van der Waals surface area contributed by atoms with Crippen LogP contribution in [0.3, 0.4) is 0 Å². The van der Waals surface area contributed by atoms with Crippen LogP contribution in [0.4, 0.5) is 0 Å². The quantitative estimate of drug-likeness (QED) is 0.821. The lowest BCUT2D eigenvalue weighted by Crippen LogP contribution is -2.51. The van der Waals surface area contributed by atoms with E-state index in [1.165, 1.54) is 0 Å². The maximum atomic E-state index is 12.8. The normalized spacial score (nSPS) is 17.7. The van der Waals surface area contributed by atoms with E-state index < -0.39 is 5.54 Å². The van der Waals surface area contributed by atoms with E-state index >= 15 is 0 Å². The average molecular weight is 405 g/mol. The number of rotatable bonds is 2. The summed E-state index contributed by atoms with van der Waals surface area (Å²) in [4.78, 5) is 27.8. The van der Waals surface area contributed by atoms with E-state index in [0.29, 0.717) is 26.2 Å². The smallest absolute Gasteiger partial charge is 0.247 e. The highest BCUT2D eigenvalue weighted by molar-refractivity contribution is 9.10. The highest BCUT2D eigenvalue weighted by Gasteiger charge is 2.35. The molecule has 128 valence electrons. The Hall–Kier alpha value is -1.11. The van der Waals surface area contributed by atoms with Gasteiger partial charge in [0.2, 0.25) is 11.8 Å². The Bertz CT molecular complexity index is 563. The first kappa shape index (κ1) is 19.9. The van der Waals surface area contributed by atoms with Crippen LogP contribution >= 0.6 is 28.3 Å². The van der Waals surface area contributed by atoms with Gasteiger partial charge in [-0.05, 0) is 31.0 Å². The van der Waals surface area contributed by atoms with Gasteiger partial charge in [0.05, 0.1) is 0 Å². The Labute approximate surface area is 151 Å². The molecule has 0 aromatic heterocycles. The first-order chi connectivity index (χ1) is 10.3. The number of hydrogen-bond acceptors (Lipinski definition) is 3. The van der Waals surface area contributed by atoms with Crippen LogP contribution in [0.1, 0.15) is 25.8 Å². The Morgan fingerprint density at radius 1 is 1.09 bits per heavy atom. The molecule has 1 aliphatic rings. The molecule has 2 rings (SSSR count). The summed E-state index contributed by atoms with van der Waals surface area (Å²) in [6, 6.07) is 7.49. The van der Waals surface area contributed by atoms with Gasteiger partial charge in [0.1, 0.15) is 5.54 Å². The van der Waals surface area contributed by atoms with Crippen molar-refractivity contribution in [1.29, 1.82) is 0 Å². The van der Waals surface area contributed by atoms with Gasteiger partial charge in [-0.15, -0.1) is 12.4 Å². The molecule has 2 amide bonds. The fourth-order valence-corrected chi connectivity index (χ4v) is 2.95. The maximum Gasteiger partial charge on any atom is 0.247 e. The molecule has 23 heavy (non-hydrogen) atoms. The molecule has 0 saturated carbocycles. The van der Waals surface area contributed by atoms with Gasteiger partial charge in [0.25, 0.3) is 0 Å². The standard InChI is InChI=1S/C16H22BrN3O2.ClH/c1-12(21)19-8-3-9-20(11-10-19)15(22)16(2,18)13-4-6-14(17)7-5-13;/h4-7H,3,8-11,18H2,1-2H3;1H. The van der Waals surface area contributed by atoms with Gasteiger partial charge in [0, 0.05) is 37.6 Å². The minimum atomic E-state index is -1.06. The third kappa shape index (κ3) is 4.68. The molecule has 1 atom stereocenters. The number of halogens is 2. The van der Waals surface area contributed by atoms with Crippen LogP contribution in [0.2, 0.25) is 0 Å². The third-order valence-electron chi connectivity index (χ3n) is 4.12. The topological polar surface area (TPSA) is 66.6 Å². The van der Waals surface area contributed by atoms with Crippen LogP contribution in [0.15, 0.2) is 28.7 Å². The highest BCUT2D eigenvalue weighted by Crippen LogP contribution is 2.23. The van der Waals surface area contributed by atoms with Crippen LogP contribution < -0.4 is 5.73 Å². The zero-order valence-corrected chi connectivity index (χ0v) is 15.8. The zero-order chi connectivity index (χ0) is 16.3.